The molecular formula is C18H16O6. The summed E-state index contributed by atoms with van der Waals surface area (Å²) < 4.78 is 15.7. The molecule has 0 spiro atoms. The van der Waals surface area contributed by atoms with Crippen LogP contribution in [-0.2, 0) is 21.0 Å². The van der Waals surface area contributed by atoms with E-state index < -0.39 is 18.2 Å². The second-order valence-corrected chi connectivity index (χ2v) is 4.80. The zero-order valence-corrected chi connectivity index (χ0v) is 13.1. The average Bonchev–Trinajstić information content (AvgIpc) is 2.60. The van der Waals surface area contributed by atoms with Gasteiger partial charge in [0.15, 0.2) is 0 Å². The molecule has 0 amide bonds. The van der Waals surface area contributed by atoms with Gasteiger partial charge in [-0.05, 0) is 5.56 Å². The Bertz CT molecular complexity index is 724. The van der Waals surface area contributed by atoms with Gasteiger partial charge < -0.3 is 19.0 Å². The van der Waals surface area contributed by atoms with E-state index in [1.165, 1.54) is 19.2 Å². The molecule has 0 atom stereocenters. The molecule has 0 fully saturated rings. The summed E-state index contributed by atoms with van der Waals surface area (Å²) in [6.45, 7) is 0.325. The first kappa shape index (κ1) is 17.2. The lowest BCUT2D eigenvalue weighted by atomic mass is 10.2. The summed E-state index contributed by atoms with van der Waals surface area (Å²) in [5.41, 5.74) is 0.972. The highest BCUT2D eigenvalue weighted by Gasteiger charge is 2.16. The number of aldehydes is 1. The SMILES string of the molecule is COc1cc(OCc2ccccc2)cc(OC(=O)C(=O)CC=O)c1. The average molecular weight is 328 g/mol. The Morgan fingerprint density at radius 3 is 2.33 bits per heavy atom. The fraction of sp³-hybridized carbons (Fsp3) is 0.167. The molecule has 0 aliphatic carbocycles. The molecule has 2 rings (SSSR count). The number of ketones is 1. The monoisotopic (exact) mass is 328 g/mol. The van der Waals surface area contributed by atoms with Crippen LogP contribution in [0.1, 0.15) is 12.0 Å². The molecule has 6 nitrogen and oxygen atoms in total. The largest absolute Gasteiger partial charge is 0.496 e. The zero-order valence-electron chi connectivity index (χ0n) is 13.1. The Morgan fingerprint density at radius 2 is 1.67 bits per heavy atom. The number of carbonyl (C=O) groups is 3. The van der Waals surface area contributed by atoms with Crippen LogP contribution in [-0.4, -0.2) is 25.1 Å². The van der Waals surface area contributed by atoms with Crippen LogP contribution in [0.4, 0.5) is 0 Å². The molecule has 0 heterocycles. The van der Waals surface area contributed by atoms with Crippen molar-refractivity contribution in [2.75, 3.05) is 7.11 Å². The van der Waals surface area contributed by atoms with Crippen molar-refractivity contribution in [3.05, 3.63) is 54.1 Å². The lowest BCUT2D eigenvalue weighted by Gasteiger charge is -2.11. The quantitative estimate of drug-likeness (QED) is 0.243. The van der Waals surface area contributed by atoms with Crippen LogP contribution in [0.15, 0.2) is 48.5 Å². The van der Waals surface area contributed by atoms with E-state index in [2.05, 4.69) is 0 Å². The predicted octanol–water partition coefficient (Wildman–Crippen LogP) is 2.34. The zero-order chi connectivity index (χ0) is 17.4. The van der Waals surface area contributed by atoms with E-state index in [1.54, 1.807) is 6.07 Å². The summed E-state index contributed by atoms with van der Waals surface area (Å²) in [5, 5.41) is 0. The standard InChI is InChI=1S/C18H16O6/c1-22-14-9-15(23-12-13-5-3-2-4-6-13)11-16(10-14)24-18(21)17(20)7-8-19/h2-6,8-11H,7,12H2,1H3. The van der Waals surface area contributed by atoms with Crippen molar-refractivity contribution in [1.82, 2.24) is 0 Å². The normalized spacial score (nSPS) is 9.88. The maximum absolute atomic E-state index is 11.6. The fourth-order valence-corrected chi connectivity index (χ4v) is 1.87. The summed E-state index contributed by atoms with van der Waals surface area (Å²) in [4.78, 5) is 33.2. The van der Waals surface area contributed by atoms with Crippen molar-refractivity contribution in [2.24, 2.45) is 0 Å². The Balaban J connectivity index is 2.10. The van der Waals surface area contributed by atoms with E-state index in [1.807, 2.05) is 30.3 Å². The first-order valence-electron chi connectivity index (χ1n) is 7.17. The highest BCUT2D eigenvalue weighted by molar-refractivity contribution is 6.36. The van der Waals surface area contributed by atoms with Gasteiger partial charge in [0.05, 0.1) is 13.5 Å². The Kier molecular flexibility index (Phi) is 6.08. The van der Waals surface area contributed by atoms with Gasteiger partial charge in [-0.1, -0.05) is 30.3 Å². The maximum atomic E-state index is 11.6. The Hall–Kier alpha value is -3.15. The van der Waals surface area contributed by atoms with Crippen LogP contribution >= 0.6 is 0 Å². The highest BCUT2D eigenvalue weighted by atomic mass is 16.5. The van der Waals surface area contributed by atoms with Gasteiger partial charge in [-0.3, -0.25) is 4.79 Å². The fourth-order valence-electron chi connectivity index (χ4n) is 1.87. The molecule has 0 saturated heterocycles. The summed E-state index contributed by atoms with van der Waals surface area (Å²) in [7, 11) is 1.46. The van der Waals surface area contributed by atoms with Crippen molar-refractivity contribution < 1.29 is 28.6 Å². The number of benzene rings is 2. The number of methoxy groups -OCH3 is 1. The van der Waals surface area contributed by atoms with Crippen LogP contribution in [0.3, 0.4) is 0 Å². The third-order valence-corrected chi connectivity index (χ3v) is 3.04. The number of Topliss-reactive ketones (excluding diaryl/α,β-unsaturated/α-hetero) is 1. The maximum Gasteiger partial charge on any atom is 0.380 e. The summed E-state index contributed by atoms with van der Waals surface area (Å²) in [5.74, 6) is -1.10. The van der Waals surface area contributed by atoms with Gasteiger partial charge in [0.25, 0.3) is 0 Å². The van der Waals surface area contributed by atoms with E-state index in [0.717, 1.165) is 5.56 Å². The molecule has 0 saturated carbocycles. The van der Waals surface area contributed by atoms with Crippen LogP contribution in [0.2, 0.25) is 0 Å². The van der Waals surface area contributed by atoms with E-state index >= 15 is 0 Å². The van der Waals surface area contributed by atoms with Crippen molar-refractivity contribution in [3.8, 4) is 17.2 Å². The molecule has 0 unspecified atom stereocenters. The van der Waals surface area contributed by atoms with E-state index in [-0.39, 0.29) is 5.75 Å². The number of carbonyl (C=O) groups excluding carboxylic acids is 3. The molecule has 0 aliphatic rings. The molecule has 124 valence electrons. The molecule has 0 bridgehead atoms. The van der Waals surface area contributed by atoms with Gasteiger partial charge in [0.2, 0.25) is 5.78 Å². The predicted molar refractivity (Wildman–Crippen MR) is 85.1 cm³/mol. The number of esters is 1. The topological polar surface area (TPSA) is 78.9 Å². The lowest BCUT2D eigenvalue weighted by Crippen LogP contribution is -2.20. The molecule has 24 heavy (non-hydrogen) atoms. The second kappa shape index (κ2) is 8.47. The molecule has 0 aliphatic heterocycles. The minimum atomic E-state index is -1.11. The van der Waals surface area contributed by atoms with Crippen LogP contribution in [0.5, 0.6) is 17.2 Å². The van der Waals surface area contributed by atoms with Crippen molar-refractivity contribution in [1.29, 1.82) is 0 Å². The molecule has 0 radical (unpaired) electrons. The van der Waals surface area contributed by atoms with Crippen molar-refractivity contribution >= 4 is 18.0 Å². The van der Waals surface area contributed by atoms with Gasteiger partial charge in [-0.2, -0.15) is 0 Å². The number of ether oxygens (including phenoxy) is 3. The molecule has 6 heteroatoms. The number of hydrogen-bond acceptors (Lipinski definition) is 6. The van der Waals surface area contributed by atoms with Crippen LogP contribution in [0.25, 0.3) is 0 Å². The summed E-state index contributed by atoms with van der Waals surface area (Å²) in [6, 6.07) is 14.1. The number of rotatable bonds is 8. The third-order valence-electron chi connectivity index (χ3n) is 3.04. The van der Waals surface area contributed by atoms with Crippen LogP contribution < -0.4 is 14.2 Å². The summed E-state index contributed by atoms with van der Waals surface area (Å²) >= 11 is 0. The summed E-state index contributed by atoms with van der Waals surface area (Å²) in [6.07, 6.45) is -0.163. The molecule has 0 aromatic heterocycles. The van der Waals surface area contributed by atoms with Gasteiger partial charge in [0.1, 0.15) is 30.1 Å². The molecule has 2 aromatic rings. The first-order chi connectivity index (χ1) is 11.6. The van der Waals surface area contributed by atoms with Crippen molar-refractivity contribution in [2.45, 2.75) is 13.0 Å². The Morgan fingerprint density at radius 1 is 1.00 bits per heavy atom. The van der Waals surface area contributed by atoms with E-state index in [0.29, 0.717) is 24.4 Å². The number of hydrogen-bond donors (Lipinski definition) is 0. The van der Waals surface area contributed by atoms with E-state index in [4.69, 9.17) is 14.2 Å². The Labute approximate surface area is 139 Å². The first-order valence-corrected chi connectivity index (χ1v) is 7.17. The smallest absolute Gasteiger partial charge is 0.380 e. The van der Waals surface area contributed by atoms with E-state index in [9.17, 15) is 14.4 Å². The highest BCUT2D eigenvalue weighted by Crippen LogP contribution is 2.28. The molecular weight excluding hydrogens is 312 g/mol. The van der Waals surface area contributed by atoms with Crippen LogP contribution in [0, 0.1) is 0 Å². The second-order valence-electron chi connectivity index (χ2n) is 4.80. The van der Waals surface area contributed by atoms with Gasteiger partial charge in [-0.15, -0.1) is 0 Å². The minimum Gasteiger partial charge on any atom is -0.496 e. The third kappa shape index (κ3) is 4.95. The van der Waals surface area contributed by atoms with Crippen molar-refractivity contribution in [3.63, 3.8) is 0 Å². The minimum absolute atomic E-state index is 0.0988. The molecule has 0 N–H and O–H groups in total. The van der Waals surface area contributed by atoms with Gasteiger partial charge in [0, 0.05) is 18.2 Å². The lowest BCUT2D eigenvalue weighted by molar-refractivity contribution is -0.147. The van der Waals surface area contributed by atoms with Gasteiger partial charge in [-0.25, -0.2) is 4.79 Å². The molecule has 2 aromatic carbocycles. The van der Waals surface area contributed by atoms with Gasteiger partial charge >= 0.3 is 5.97 Å².